The van der Waals surface area contributed by atoms with E-state index in [9.17, 15) is 14.4 Å². The lowest BCUT2D eigenvalue weighted by Gasteiger charge is -2.28. The average Bonchev–Trinajstić information content (AvgIpc) is 2.65. The second kappa shape index (κ2) is 7.78. The second-order valence-electron chi connectivity index (χ2n) is 5.77. The molecule has 2 unspecified atom stereocenters. The van der Waals surface area contributed by atoms with Crippen molar-refractivity contribution in [1.29, 1.82) is 5.26 Å². The number of nitriles is 1. The van der Waals surface area contributed by atoms with Gasteiger partial charge in [0, 0.05) is 23.8 Å². The number of allylic oxidation sites excluding steroid dienone is 1. The largest absolute Gasteiger partial charge is 0.323 e. The van der Waals surface area contributed by atoms with Crippen molar-refractivity contribution >= 4 is 46.8 Å². The maximum absolute atomic E-state index is 13.2. The number of hydrogen-bond acceptors (Lipinski definition) is 3. The Bertz CT molecular complexity index is 969. The molecule has 0 saturated heterocycles. The Morgan fingerprint density at radius 3 is 2.52 bits per heavy atom. The molecule has 0 bridgehead atoms. The van der Waals surface area contributed by atoms with Crippen molar-refractivity contribution < 1.29 is 9.18 Å². The third-order valence-electron chi connectivity index (χ3n) is 3.99. The van der Waals surface area contributed by atoms with Crippen molar-refractivity contribution in [2.75, 3.05) is 10.6 Å². The number of nitrogens with zero attached hydrogens (tertiary/aromatic N) is 2. The van der Waals surface area contributed by atoms with Gasteiger partial charge in [0.25, 0.3) is 0 Å². The lowest BCUT2D eigenvalue weighted by atomic mass is 9.85. The summed E-state index contributed by atoms with van der Waals surface area (Å²) in [7, 11) is 0. The lowest BCUT2D eigenvalue weighted by molar-refractivity contribution is 0.262. The van der Waals surface area contributed by atoms with E-state index in [-0.39, 0.29) is 5.02 Å². The van der Waals surface area contributed by atoms with Gasteiger partial charge in [0.2, 0.25) is 0 Å². The van der Waals surface area contributed by atoms with Gasteiger partial charge in [-0.3, -0.25) is 4.99 Å². The molecule has 0 aromatic heterocycles. The molecule has 27 heavy (non-hydrogen) atoms. The summed E-state index contributed by atoms with van der Waals surface area (Å²) in [6.45, 7) is 0. The minimum Gasteiger partial charge on any atom is -0.308 e. The number of halogens is 3. The maximum atomic E-state index is 13.2. The Balaban J connectivity index is 1.69. The molecule has 2 aromatic carbocycles. The number of amides is 2. The highest BCUT2D eigenvalue weighted by Gasteiger charge is 2.37. The number of carbonyl (C=O) groups excluding carboxylic acids is 1. The van der Waals surface area contributed by atoms with Gasteiger partial charge in [-0.2, -0.15) is 5.26 Å². The van der Waals surface area contributed by atoms with Gasteiger partial charge in [0.15, 0.2) is 0 Å². The Morgan fingerprint density at radius 2 is 1.85 bits per heavy atom. The summed E-state index contributed by atoms with van der Waals surface area (Å²) in [5, 5.41) is 14.4. The van der Waals surface area contributed by atoms with Crippen molar-refractivity contribution in [1.82, 2.24) is 0 Å². The first-order valence-electron chi connectivity index (χ1n) is 7.85. The molecule has 8 heteroatoms. The molecule has 2 aromatic rings. The quantitative estimate of drug-likeness (QED) is 0.683. The number of carbonyl (C=O) groups is 1. The minimum absolute atomic E-state index is 0.0827. The second-order valence-corrected chi connectivity index (χ2v) is 6.81. The predicted molar refractivity (Wildman–Crippen MR) is 105 cm³/mol. The van der Waals surface area contributed by atoms with Crippen LogP contribution in [0.1, 0.15) is 5.56 Å². The van der Waals surface area contributed by atoms with E-state index < -0.39 is 22.6 Å². The van der Waals surface area contributed by atoms with Crippen LogP contribution in [0.2, 0.25) is 5.02 Å². The van der Waals surface area contributed by atoms with Gasteiger partial charge in [-0.05, 0) is 42.0 Å². The van der Waals surface area contributed by atoms with Gasteiger partial charge in [0.1, 0.15) is 16.6 Å². The van der Waals surface area contributed by atoms with Crippen molar-refractivity contribution in [2.45, 2.75) is 4.87 Å². The Labute approximate surface area is 165 Å². The van der Waals surface area contributed by atoms with Crippen molar-refractivity contribution in [3.8, 4) is 6.07 Å². The van der Waals surface area contributed by atoms with E-state index in [0.29, 0.717) is 16.9 Å². The van der Waals surface area contributed by atoms with Crippen LogP contribution in [0.25, 0.3) is 0 Å². The van der Waals surface area contributed by atoms with E-state index in [4.69, 9.17) is 23.2 Å². The summed E-state index contributed by atoms with van der Waals surface area (Å²) in [5.74, 6) is -1.17. The van der Waals surface area contributed by atoms with Gasteiger partial charge >= 0.3 is 6.03 Å². The summed E-state index contributed by atoms with van der Waals surface area (Å²) < 4.78 is 13.2. The molecule has 1 aliphatic heterocycles. The third-order valence-corrected chi connectivity index (χ3v) is 4.86. The Morgan fingerprint density at radius 1 is 1.19 bits per heavy atom. The van der Waals surface area contributed by atoms with Crippen LogP contribution in [-0.4, -0.2) is 12.2 Å². The molecule has 2 atom stereocenters. The molecule has 2 amide bonds. The molecule has 1 heterocycles. The average molecular weight is 403 g/mol. The lowest BCUT2D eigenvalue weighted by Crippen LogP contribution is -2.29. The number of alkyl halides is 1. The number of hydrogen-bond donors (Lipinski definition) is 2. The van der Waals surface area contributed by atoms with E-state index in [1.54, 1.807) is 36.5 Å². The molecular weight excluding hydrogens is 390 g/mol. The van der Waals surface area contributed by atoms with Crippen molar-refractivity contribution in [3.05, 3.63) is 71.1 Å². The number of nitrogens with one attached hydrogen (secondary N) is 2. The summed E-state index contributed by atoms with van der Waals surface area (Å²) in [4.78, 5) is 15.0. The van der Waals surface area contributed by atoms with Crippen molar-refractivity contribution in [2.24, 2.45) is 10.9 Å². The number of anilines is 2. The molecule has 136 valence electrons. The topological polar surface area (TPSA) is 77.3 Å². The zero-order valence-electron chi connectivity index (χ0n) is 13.8. The molecule has 0 saturated carbocycles. The van der Waals surface area contributed by atoms with E-state index >= 15 is 0 Å². The first kappa shape index (κ1) is 18.9. The summed E-state index contributed by atoms with van der Waals surface area (Å²) in [6, 6.07) is 12.3. The van der Waals surface area contributed by atoms with Gasteiger partial charge in [-0.15, -0.1) is 11.6 Å². The standard InChI is InChI=1S/C19H13Cl2FN4O/c20-16-9-15(5-6-17(16)22)26-18(27)25-14-3-1-12(2-4-14)19(21)7-8-24-11-13(19)10-23/h1-9,11,13H,(H2,25,26,27). The SMILES string of the molecule is N#CC1C=NC=CC1(Cl)c1ccc(NC(=O)Nc2ccc(F)c(Cl)c2)cc1. The van der Waals surface area contributed by atoms with Crippen LogP contribution in [0.3, 0.4) is 0 Å². The minimum atomic E-state index is -1.01. The van der Waals surface area contributed by atoms with E-state index in [2.05, 4.69) is 21.7 Å². The first-order chi connectivity index (χ1) is 12.9. The molecular formula is C19H13Cl2FN4O. The monoisotopic (exact) mass is 402 g/mol. The molecule has 0 fully saturated rings. The Hall–Kier alpha value is -2.88. The van der Waals surface area contributed by atoms with Gasteiger partial charge in [0.05, 0.1) is 11.1 Å². The van der Waals surface area contributed by atoms with Crippen LogP contribution in [-0.2, 0) is 4.87 Å². The number of benzene rings is 2. The van der Waals surface area contributed by atoms with E-state index in [0.717, 1.165) is 0 Å². The van der Waals surface area contributed by atoms with Crippen LogP contribution in [0.4, 0.5) is 20.6 Å². The Kier molecular flexibility index (Phi) is 5.45. The van der Waals surface area contributed by atoms with Crippen LogP contribution < -0.4 is 10.6 Å². The number of urea groups is 1. The fourth-order valence-corrected chi connectivity index (χ4v) is 3.05. The zero-order chi connectivity index (χ0) is 19.4. The predicted octanol–water partition coefficient (Wildman–Crippen LogP) is 5.30. The highest BCUT2D eigenvalue weighted by atomic mass is 35.5. The van der Waals surface area contributed by atoms with Gasteiger partial charge in [-0.25, -0.2) is 9.18 Å². The number of rotatable bonds is 3. The molecule has 2 N–H and O–H groups in total. The molecule has 3 rings (SSSR count). The molecule has 1 aliphatic rings. The summed E-state index contributed by atoms with van der Waals surface area (Å²) in [5.41, 5.74) is 1.58. The smallest absolute Gasteiger partial charge is 0.308 e. The highest BCUT2D eigenvalue weighted by molar-refractivity contribution is 6.31. The van der Waals surface area contributed by atoms with Crippen LogP contribution in [0, 0.1) is 23.1 Å². The van der Waals surface area contributed by atoms with E-state index in [1.165, 1.54) is 24.4 Å². The van der Waals surface area contributed by atoms with Crippen LogP contribution in [0.15, 0.2) is 59.7 Å². The molecule has 0 spiro atoms. The fourth-order valence-electron chi connectivity index (χ4n) is 2.58. The third kappa shape index (κ3) is 4.11. The summed E-state index contributed by atoms with van der Waals surface area (Å²) in [6.07, 6.45) is 4.71. The van der Waals surface area contributed by atoms with Gasteiger partial charge < -0.3 is 10.6 Å². The van der Waals surface area contributed by atoms with Gasteiger partial charge in [-0.1, -0.05) is 23.7 Å². The molecule has 5 nitrogen and oxygen atoms in total. The molecule has 0 radical (unpaired) electrons. The zero-order valence-corrected chi connectivity index (χ0v) is 15.3. The fraction of sp³-hybridized carbons (Fsp3) is 0.105. The van der Waals surface area contributed by atoms with Crippen molar-refractivity contribution in [3.63, 3.8) is 0 Å². The van der Waals surface area contributed by atoms with E-state index in [1.807, 2.05) is 0 Å². The molecule has 0 aliphatic carbocycles. The number of aliphatic imine (C=N–C) groups is 1. The van der Waals surface area contributed by atoms with Crippen LogP contribution >= 0.6 is 23.2 Å². The highest BCUT2D eigenvalue weighted by Crippen LogP contribution is 2.39. The normalized spacial score (nSPS) is 20.7. The van der Waals surface area contributed by atoms with Crippen LogP contribution in [0.5, 0.6) is 0 Å². The first-order valence-corrected chi connectivity index (χ1v) is 8.61. The summed E-state index contributed by atoms with van der Waals surface area (Å²) >= 11 is 12.3. The maximum Gasteiger partial charge on any atom is 0.323 e.